The second-order valence-corrected chi connectivity index (χ2v) is 4.49. The van der Waals surface area contributed by atoms with Gasteiger partial charge in [0.25, 0.3) is 0 Å². The van der Waals surface area contributed by atoms with Crippen molar-refractivity contribution in [3.05, 3.63) is 22.8 Å². The van der Waals surface area contributed by atoms with Crippen LogP contribution in [-0.2, 0) is 0 Å². The van der Waals surface area contributed by atoms with Crippen LogP contribution in [0.15, 0.2) is 22.8 Å². The molecule has 1 aliphatic carbocycles. The number of hydrogen-bond donors (Lipinski definition) is 1. The monoisotopic (exact) mass is 257 g/mol. The lowest BCUT2D eigenvalue weighted by Gasteiger charge is -2.33. The lowest BCUT2D eigenvalue weighted by Crippen LogP contribution is -2.35. The van der Waals surface area contributed by atoms with Crippen molar-refractivity contribution in [2.45, 2.75) is 18.9 Å². The number of aromatic nitrogens is 1. The number of hydrogen-bond acceptors (Lipinski definition) is 3. The molecule has 1 aromatic rings. The minimum Gasteiger partial charge on any atom is -0.474 e. The van der Waals surface area contributed by atoms with Gasteiger partial charge < -0.3 is 9.84 Å². The molecular formula is C10H12BrNO2. The Morgan fingerprint density at radius 2 is 2.29 bits per heavy atom. The van der Waals surface area contributed by atoms with Crippen LogP contribution in [0, 0.1) is 5.92 Å². The van der Waals surface area contributed by atoms with Gasteiger partial charge in [-0.15, -0.1) is 0 Å². The van der Waals surface area contributed by atoms with Gasteiger partial charge in [-0.25, -0.2) is 4.98 Å². The molecule has 1 heterocycles. The van der Waals surface area contributed by atoms with Crippen molar-refractivity contribution < 1.29 is 9.84 Å². The summed E-state index contributed by atoms with van der Waals surface area (Å²) in [6.07, 6.45) is 3.83. The van der Waals surface area contributed by atoms with Crippen LogP contribution >= 0.6 is 15.9 Å². The van der Waals surface area contributed by atoms with Crippen molar-refractivity contribution in [1.29, 1.82) is 0 Å². The van der Waals surface area contributed by atoms with Gasteiger partial charge in [-0.05, 0) is 40.8 Å². The van der Waals surface area contributed by atoms with Crippen LogP contribution in [0.25, 0.3) is 0 Å². The van der Waals surface area contributed by atoms with E-state index in [-0.39, 0.29) is 12.7 Å². The SMILES string of the molecule is OC[C@H]1C[C@H](Oc2ccc(Br)cn2)C1. The molecule has 14 heavy (non-hydrogen) atoms. The maximum Gasteiger partial charge on any atom is 0.213 e. The first-order valence-electron chi connectivity index (χ1n) is 4.67. The van der Waals surface area contributed by atoms with Crippen LogP contribution in [0.4, 0.5) is 0 Å². The lowest BCUT2D eigenvalue weighted by atomic mass is 9.83. The molecule has 0 aliphatic heterocycles. The van der Waals surface area contributed by atoms with Crippen molar-refractivity contribution in [2.24, 2.45) is 5.92 Å². The Morgan fingerprint density at radius 3 is 2.86 bits per heavy atom. The average molecular weight is 258 g/mol. The zero-order valence-electron chi connectivity index (χ0n) is 7.69. The van der Waals surface area contributed by atoms with Gasteiger partial charge in [0, 0.05) is 23.3 Å². The first-order chi connectivity index (χ1) is 6.78. The normalized spacial score (nSPS) is 25.6. The van der Waals surface area contributed by atoms with Gasteiger partial charge in [0.05, 0.1) is 0 Å². The van der Waals surface area contributed by atoms with Crippen molar-refractivity contribution in [1.82, 2.24) is 4.98 Å². The van der Waals surface area contributed by atoms with E-state index in [1.165, 1.54) is 0 Å². The minimum absolute atomic E-state index is 0.237. The van der Waals surface area contributed by atoms with E-state index in [0.717, 1.165) is 17.3 Å². The van der Waals surface area contributed by atoms with Crippen LogP contribution in [0.2, 0.25) is 0 Å². The molecule has 1 N–H and O–H groups in total. The van der Waals surface area contributed by atoms with Crippen LogP contribution in [0.1, 0.15) is 12.8 Å². The Labute approximate surface area is 91.2 Å². The van der Waals surface area contributed by atoms with Gasteiger partial charge in [-0.2, -0.15) is 0 Å². The molecule has 0 bridgehead atoms. The maximum absolute atomic E-state index is 8.83. The topological polar surface area (TPSA) is 42.4 Å². The fraction of sp³-hybridized carbons (Fsp3) is 0.500. The van der Waals surface area contributed by atoms with E-state index in [2.05, 4.69) is 20.9 Å². The molecule has 0 spiro atoms. The summed E-state index contributed by atoms with van der Waals surface area (Å²) in [5.74, 6) is 1.09. The van der Waals surface area contributed by atoms with Crippen LogP contribution in [0.5, 0.6) is 5.88 Å². The van der Waals surface area contributed by atoms with Gasteiger partial charge in [0.15, 0.2) is 0 Å². The van der Waals surface area contributed by atoms with E-state index in [4.69, 9.17) is 9.84 Å². The molecule has 76 valence electrons. The largest absolute Gasteiger partial charge is 0.474 e. The summed E-state index contributed by atoms with van der Waals surface area (Å²) >= 11 is 3.31. The molecular weight excluding hydrogens is 246 g/mol. The second-order valence-electron chi connectivity index (χ2n) is 3.57. The third kappa shape index (κ3) is 2.25. The van der Waals surface area contributed by atoms with Crippen molar-refractivity contribution >= 4 is 15.9 Å². The molecule has 0 saturated heterocycles. The molecule has 1 saturated carbocycles. The van der Waals surface area contributed by atoms with Gasteiger partial charge in [0.2, 0.25) is 5.88 Å². The molecule has 3 nitrogen and oxygen atoms in total. The number of ether oxygens (including phenoxy) is 1. The Kier molecular flexibility index (Phi) is 3.03. The zero-order chi connectivity index (χ0) is 9.97. The van der Waals surface area contributed by atoms with Gasteiger partial charge >= 0.3 is 0 Å². The van der Waals surface area contributed by atoms with Crippen LogP contribution in [-0.4, -0.2) is 22.8 Å². The standard InChI is InChI=1S/C10H12BrNO2/c11-8-1-2-10(12-5-8)14-9-3-7(4-9)6-13/h1-2,5,7,9,13H,3-4,6H2/t7-,9-. The summed E-state index contributed by atoms with van der Waals surface area (Å²) < 4.78 is 6.54. The summed E-state index contributed by atoms with van der Waals surface area (Å²) in [6.45, 7) is 0.271. The predicted octanol–water partition coefficient (Wildman–Crippen LogP) is 1.99. The minimum atomic E-state index is 0.237. The van der Waals surface area contributed by atoms with Gasteiger partial charge in [-0.3, -0.25) is 0 Å². The quantitative estimate of drug-likeness (QED) is 0.901. The molecule has 0 radical (unpaired) electrons. The highest BCUT2D eigenvalue weighted by atomic mass is 79.9. The van der Waals surface area contributed by atoms with Gasteiger partial charge in [-0.1, -0.05) is 0 Å². The molecule has 1 fully saturated rings. The van der Waals surface area contributed by atoms with E-state index < -0.39 is 0 Å². The van der Waals surface area contributed by atoms with Gasteiger partial charge in [0.1, 0.15) is 6.10 Å². The molecule has 4 heteroatoms. The fourth-order valence-electron chi connectivity index (χ4n) is 1.52. The molecule has 1 aromatic heterocycles. The van der Waals surface area contributed by atoms with E-state index in [1.54, 1.807) is 6.20 Å². The first-order valence-corrected chi connectivity index (χ1v) is 5.46. The number of halogens is 1. The summed E-state index contributed by atoms with van der Waals surface area (Å²) in [6, 6.07) is 3.75. The average Bonchev–Trinajstić information content (AvgIpc) is 2.13. The smallest absolute Gasteiger partial charge is 0.213 e. The molecule has 0 aromatic carbocycles. The Morgan fingerprint density at radius 1 is 1.50 bits per heavy atom. The third-order valence-electron chi connectivity index (χ3n) is 2.44. The van der Waals surface area contributed by atoms with Crippen LogP contribution in [0.3, 0.4) is 0 Å². The predicted molar refractivity (Wildman–Crippen MR) is 56.2 cm³/mol. The van der Waals surface area contributed by atoms with E-state index in [9.17, 15) is 0 Å². The summed E-state index contributed by atoms with van der Waals surface area (Å²) in [5, 5.41) is 8.83. The molecule has 1 aliphatic rings. The Hall–Kier alpha value is -0.610. The molecule has 0 atom stereocenters. The lowest BCUT2D eigenvalue weighted by molar-refractivity contribution is 0.0296. The maximum atomic E-state index is 8.83. The highest BCUT2D eigenvalue weighted by Crippen LogP contribution is 2.30. The summed E-state index contributed by atoms with van der Waals surface area (Å²) in [4.78, 5) is 4.12. The third-order valence-corrected chi connectivity index (χ3v) is 2.91. The zero-order valence-corrected chi connectivity index (χ0v) is 9.27. The highest BCUT2D eigenvalue weighted by Gasteiger charge is 2.30. The van der Waals surface area contributed by atoms with Crippen LogP contribution < -0.4 is 4.74 Å². The molecule has 2 rings (SSSR count). The second kappa shape index (κ2) is 4.28. The fourth-order valence-corrected chi connectivity index (χ4v) is 1.76. The Bertz CT molecular complexity index is 295. The number of aliphatic hydroxyl groups is 1. The molecule has 0 unspecified atom stereocenters. The Balaban J connectivity index is 1.84. The van der Waals surface area contributed by atoms with Crippen molar-refractivity contribution in [2.75, 3.05) is 6.61 Å². The number of nitrogens with zero attached hydrogens (tertiary/aromatic N) is 1. The van der Waals surface area contributed by atoms with Crippen molar-refractivity contribution in [3.8, 4) is 5.88 Å². The first kappa shape index (κ1) is 9.93. The van der Waals surface area contributed by atoms with E-state index in [0.29, 0.717) is 11.8 Å². The summed E-state index contributed by atoms with van der Waals surface area (Å²) in [5.41, 5.74) is 0. The highest BCUT2D eigenvalue weighted by molar-refractivity contribution is 9.10. The van der Waals surface area contributed by atoms with Crippen molar-refractivity contribution in [3.63, 3.8) is 0 Å². The number of aliphatic hydroxyl groups excluding tert-OH is 1. The van der Waals surface area contributed by atoms with E-state index in [1.807, 2.05) is 12.1 Å². The molecule has 0 amide bonds. The summed E-state index contributed by atoms with van der Waals surface area (Å²) in [7, 11) is 0. The number of rotatable bonds is 3. The number of pyridine rings is 1. The van der Waals surface area contributed by atoms with E-state index >= 15 is 0 Å².